The second-order valence-corrected chi connectivity index (χ2v) is 6.72. The minimum absolute atomic E-state index is 0.116. The van der Waals surface area contributed by atoms with Crippen LogP contribution in [0, 0.1) is 13.8 Å². The van der Waals surface area contributed by atoms with Crippen molar-refractivity contribution in [3.05, 3.63) is 76.4 Å². The van der Waals surface area contributed by atoms with Gasteiger partial charge < -0.3 is 10.0 Å². The van der Waals surface area contributed by atoms with Crippen LogP contribution in [0.25, 0.3) is 5.76 Å². The lowest BCUT2D eigenvalue weighted by molar-refractivity contribution is -0.139. The normalized spacial score (nSPS) is 19.2. The maximum Gasteiger partial charge on any atom is 0.295 e. The van der Waals surface area contributed by atoms with Crippen molar-refractivity contribution in [1.29, 1.82) is 0 Å². The van der Waals surface area contributed by atoms with Crippen LogP contribution in [-0.4, -0.2) is 28.2 Å². The number of carbonyl (C=O) groups is 2. The van der Waals surface area contributed by atoms with Crippen LogP contribution in [0.2, 0.25) is 0 Å². The molecular weight excluding hydrogens is 326 g/mol. The summed E-state index contributed by atoms with van der Waals surface area (Å²) in [5, 5.41) is 10.9. The molecule has 1 heterocycles. The molecule has 4 heteroatoms. The van der Waals surface area contributed by atoms with Gasteiger partial charge in [0.1, 0.15) is 5.76 Å². The third kappa shape index (κ3) is 3.03. The van der Waals surface area contributed by atoms with E-state index < -0.39 is 17.7 Å². The maximum atomic E-state index is 12.8. The summed E-state index contributed by atoms with van der Waals surface area (Å²) >= 11 is 0. The van der Waals surface area contributed by atoms with Crippen molar-refractivity contribution < 1.29 is 14.7 Å². The zero-order valence-corrected chi connectivity index (χ0v) is 15.3. The van der Waals surface area contributed by atoms with Gasteiger partial charge in [-0.2, -0.15) is 0 Å². The predicted octanol–water partition coefficient (Wildman–Crippen LogP) is 4.14. The summed E-state index contributed by atoms with van der Waals surface area (Å²) in [5.74, 6) is -1.28. The highest BCUT2D eigenvalue weighted by atomic mass is 16.3. The van der Waals surface area contributed by atoms with Crippen molar-refractivity contribution in [2.75, 3.05) is 6.54 Å². The van der Waals surface area contributed by atoms with Crippen LogP contribution >= 0.6 is 0 Å². The van der Waals surface area contributed by atoms with E-state index in [2.05, 4.69) is 0 Å². The summed E-state index contributed by atoms with van der Waals surface area (Å²) in [6, 6.07) is 14.4. The van der Waals surface area contributed by atoms with Gasteiger partial charge in [-0.15, -0.1) is 0 Å². The van der Waals surface area contributed by atoms with E-state index in [4.69, 9.17) is 0 Å². The minimum atomic E-state index is -0.621. The number of likely N-dealkylation sites (tertiary alicyclic amines) is 1. The number of amides is 1. The van der Waals surface area contributed by atoms with Crippen molar-refractivity contribution in [3.8, 4) is 0 Å². The number of nitrogens with zero attached hydrogens (tertiary/aromatic N) is 1. The van der Waals surface area contributed by atoms with Gasteiger partial charge in [0.2, 0.25) is 0 Å². The van der Waals surface area contributed by atoms with Crippen LogP contribution in [0.1, 0.15) is 41.6 Å². The van der Waals surface area contributed by atoms with Crippen molar-refractivity contribution >= 4 is 17.4 Å². The Morgan fingerprint density at radius 3 is 2.31 bits per heavy atom. The van der Waals surface area contributed by atoms with Crippen molar-refractivity contribution in [3.63, 3.8) is 0 Å². The molecule has 2 aromatic rings. The summed E-state index contributed by atoms with van der Waals surface area (Å²) in [4.78, 5) is 27.0. The summed E-state index contributed by atoms with van der Waals surface area (Å²) in [6.07, 6.45) is 0.736. The molecule has 4 nitrogen and oxygen atoms in total. The Balaban J connectivity index is 2.21. The highest BCUT2D eigenvalue weighted by molar-refractivity contribution is 6.46. The molecule has 3 rings (SSSR count). The number of hydrogen-bond acceptors (Lipinski definition) is 3. The van der Waals surface area contributed by atoms with Gasteiger partial charge in [-0.1, -0.05) is 61.0 Å². The smallest absolute Gasteiger partial charge is 0.295 e. The first-order valence-corrected chi connectivity index (χ1v) is 8.86. The van der Waals surface area contributed by atoms with Gasteiger partial charge in [-0.05, 0) is 31.4 Å². The van der Waals surface area contributed by atoms with E-state index in [0.717, 1.165) is 23.1 Å². The Labute approximate surface area is 153 Å². The first kappa shape index (κ1) is 17.9. The SMILES string of the molecule is CCCN1C(=O)C(=O)/C(=C(\O)c2ccc(C)cc2)C1c1ccccc1C. The Hall–Kier alpha value is -2.88. The molecule has 1 N–H and O–H groups in total. The van der Waals surface area contributed by atoms with Gasteiger partial charge in [0.15, 0.2) is 0 Å². The first-order valence-electron chi connectivity index (χ1n) is 8.86. The Kier molecular flexibility index (Phi) is 4.94. The highest BCUT2D eigenvalue weighted by Crippen LogP contribution is 2.40. The lowest BCUT2D eigenvalue weighted by Crippen LogP contribution is -2.30. The number of Topliss-reactive ketones (excluding diaryl/α,β-unsaturated/α-hetero) is 1. The summed E-state index contributed by atoms with van der Waals surface area (Å²) in [5.41, 5.74) is 3.62. The molecular formula is C22H23NO3. The van der Waals surface area contributed by atoms with Crippen LogP contribution in [-0.2, 0) is 9.59 Å². The molecule has 1 aliphatic rings. The lowest BCUT2D eigenvalue weighted by atomic mass is 9.92. The quantitative estimate of drug-likeness (QED) is 0.513. The van der Waals surface area contributed by atoms with Gasteiger partial charge in [-0.3, -0.25) is 9.59 Å². The standard InChI is InChI=1S/C22H23NO3/c1-4-13-23-19(17-8-6-5-7-15(17)3)18(21(25)22(23)26)20(24)16-11-9-14(2)10-12-16/h5-12,19,24H,4,13H2,1-3H3/b20-18-. The summed E-state index contributed by atoms with van der Waals surface area (Å²) in [7, 11) is 0. The molecule has 26 heavy (non-hydrogen) atoms. The average molecular weight is 349 g/mol. The van der Waals surface area contributed by atoms with Crippen LogP contribution in [0.15, 0.2) is 54.1 Å². The van der Waals surface area contributed by atoms with E-state index in [0.29, 0.717) is 12.1 Å². The second kappa shape index (κ2) is 7.16. The van der Waals surface area contributed by atoms with Gasteiger partial charge in [0.25, 0.3) is 11.7 Å². The van der Waals surface area contributed by atoms with E-state index in [-0.39, 0.29) is 11.3 Å². The molecule has 0 spiro atoms. The van der Waals surface area contributed by atoms with E-state index >= 15 is 0 Å². The minimum Gasteiger partial charge on any atom is -0.507 e. The number of aryl methyl sites for hydroxylation is 2. The molecule has 0 aromatic heterocycles. The molecule has 0 aliphatic carbocycles. The van der Waals surface area contributed by atoms with E-state index in [1.165, 1.54) is 0 Å². The van der Waals surface area contributed by atoms with Crippen LogP contribution < -0.4 is 0 Å². The molecule has 2 aromatic carbocycles. The number of aliphatic hydroxyl groups excluding tert-OH is 1. The topological polar surface area (TPSA) is 57.6 Å². The fourth-order valence-corrected chi connectivity index (χ4v) is 3.44. The maximum absolute atomic E-state index is 12.8. The van der Waals surface area contributed by atoms with Crippen molar-refractivity contribution in [2.24, 2.45) is 0 Å². The van der Waals surface area contributed by atoms with E-state index in [1.807, 2.05) is 57.2 Å². The molecule has 0 radical (unpaired) electrons. The first-order chi connectivity index (χ1) is 12.5. The number of rotatable bonds is 4. The summed E-state index contributed by atoms with van der Waals surface area (Å²) in [6.45, 7) is 6.34. The monoisotopic (exact) mass is 349 g/mol. The average Bonchev–Trinajstić information content (AvgIpc) is 2.87. The fourth-order valence-electron chi connectivity index (χ4n) is 3.44. The van der Waals surface area contributed by atoms with E-state index in [9.17, 15) is 14.7 Å². The summed E-state index contributed by atoms with van der Waals surface area (Å²) < 4.78 is 0. The predicted molar refractivity (Wildman–Crippen MR) is 102 cm³/mol. The van der Waals surface area contributed by atoms with Crippen LogP contribution in [0.4, 0.5) is 0 Å². The Morgan fingerprint density at radius 1 is 1.04 bits per heavy atom. The van der Waals surface area contributed by atoms with Gasteiger partial charge in [0, 0.05) is 12.1 Å². The third-order valence-electron chi connectivity index (χ3n) is 4.81. The number of aliphatic hydroxyl groups is 1. The number of ketones is 1. The molecule has 1 unspecified atom stereocenters. The van der Waals surface area contributed by atoms with Gasteiger partial charge in [-0.25, -0.2) is 0 Å². The molecule has 1 fully saturated rings. The van der Waals surface area contributed by atoms with Crippen LogP contribution in [0.5, 0.6) is 0 Å². The van der Waals surface area contributed by atoms with Crippen molar-refractivity contribution in [1.82, 2.24) is 4.90 Å². The number of carbonyl (C=O) groups excluding carboxylic acids is 2. The lowest BCUT2D eigenvalue weighted by Gasteiger charge is -2.26. The molecule has 0 bridgehead atoms. The largest absolute Gasteiger partial charge is 0.507 e. The molecule has 0 saturated carbocycles. The number of benzene rings is 2. The fraction of sp³-hybridized carbons (Fsp3) is 0.273. The Morgan fingerprint density at radius 2 is 1.69 bits per heavy atom. The molecule has 1 saturated heterocycles. The molecule has 1 atom stereocenters. The third-order valence-corrected chi connectivity index (χ3v) is 4.81. The highest BCUT2D eigenvalue weighted by Gasteiger charge is 2.45. The molecule has 134 valence electrons. The van der Waals surface area contributed by atoms with Gasteiger partial charge in [0.05, 0.1) is 11.6 Å². The van der Waals surface area contributed by atoms with Crippen molar-refractivity contribution in [2.45, 2.75) is 33.2 Å². The number of hydrogen-bond donors (Lipinski definition) is 1. The zero-order chi connectivity index (χ0) is 18.8. The zero-order valence-electron chi connectivity index (χ0n) is 15.3. The molecule has 1 aliphatic heterocycles. The molecule has 1 amide bonds. The van der Waals surface area contributed by atoms with E-state index in [1.54, 1.807) is 17.0 Å². The second-order valence-electron chi connectivity index (χ2n) is 6.72. The van der Waals surface area contributed by atoms with Crippen LogP contribution in [0.3, 0.4) is 0 Å². The Bertz CT molecular complexity index is 881. The van der Waals surface area contributed by atoms with Gasteiger partial charge >= 0.3 is 0 Å².